The number of ether oxygens (including phenoxy) is 1. The Hall–Kier alpha value is -0.890. The Kier molecular flexibility index (Phi) is 2.32. The van der Waals surface area contributed by atoms with Crippen molar-refractivity contribution in [3.8, 4) is 0 Å². The molecule has 3 rings (SSSR count). The van der Waals surface area contributed by atoms with Crippen molar-refractivity contribution in [3.63, 3.8) is 0 Å². The van der Waals surface area contributed by atoms with Crippen molar-refractivity contribution in [1.82, 2.24) is 0 Å². The van der Waals surface area contributed by atoms with Crippen LogP contribution in [0.25, 0.3) is 0 Å². The maximum atomic E-state index is 11.4. The number of carbonyl (C=O) groups is 1. The van der Waals surface area contributed by atoms with Gasteiger partial charge in [-0.3, -0.25) is 4.79 Å². The normalized spacial score (nSPS) is 36.7. The summed E-state index contributed by atoms with van der Waals surface area (Å²) < 4.78 is 5.59. The molecular weight excluding hydrogens is 164 g/mol. The Bertz CT molecular complexity index is 265. The van der Waals surface area contributed by atoms with E-state index in [2.05, 4.69) is 6.08 Å². The average Bonchev–Trinajstić information content (AvgIpc) is 2.39. The molecule has 0 heterocycles. The van der Waals surface area contributed by atoms with Crippen molar-refractivity contribution in [3.05, 3.63) is 24.3 Å². The largest absolute Gasteiger partial charge is 0.378 e. The number of rotatable bonds is 2. The first-order chi connectivity index (χ1) is 6.31. The first-order valence-electron chi connectivity index (χ1n) is 4.83. The molecule has 3 aliphatic carbocycles. The molecule has 2 bridgehead atoms. The highest BCUT2D eigenvalue weighted by atomic mass is 16.5. The zero-order valence-corrected chi connectivity index (χ0v) is 7.77. The van der Waals surface area contributed by atoms with Crippen molar-refractivity contribution < 1.29 is 9.53 Å². The first kappa shape index (κ1) is 8.70. The highest BCUT2D eigenvalue weighted by Crippen LogP contribution is 2.30. The summed E-state index contributed by atoms with van der Waals surface area (Å²) in [6.45, 7) is 2.72. The molecule has 0 aliphatic heterocycles. The van der Waals surface area contributed by atoms with Gasteiger partial charge in [-0.1, -0.05) is 18.2 Å². The molecule has 13 heavy (non-hydrogen) atoms. The Labute approximate surface area is 78.3 Å². The summed E-state index contributed by atoms with van der Waals surface area (Å²) in [6, 6.07) is 0. The molecule has 0 fully saturated rings. The molecule has 3 atom stereocenters. The second kappa shape index (κ2) is 3.46. The standard InChI is InChI=1S/C11H14O2/c1-2-13-11-7-9-4-3-8(11)5-6-10(9)12/h3-6,8-9,11H,2,7H2,1H3. The van der Waals surface area contributed by atoms with E-state index < -0.39 is 0 Å². The van der Waals surface area contributed by atoms with Crippen LogP contribution in [0.2, 0.25) is 0 Å². The van der Waals surface area contributed by atoms with E-state index in [0.29, 0.717) is 5.92 Å². The molecule has 2 nitrogen and oxygen atoms in total. The topological polar surface area (TPSA) is 26.3 Å². The number of ketones is 1. The molecule has 0 saturated heterocycles. The Morgan fingerprint density at radius 1 is 1.46 bits per heavy atom. The predicted octanol–water partition coefficient (Wildman–Crippen LogP) is 1.72. The summed E-state index contributed by atoms with van der Waals surface area (Å²) in [7, 11) is 0. The maximum absolute atomic E-state index is 11.4. The van der Waals surface area contributed by atoms with Crippen molar-refractivity contribution in [2.24, 2.45) is 11.8 Å². The SMILES string of the molecule is CCOC1CC2C=CC1C=CC2=O. The molecule has 0 radical (unpaired) electrons. The van der Waals surface area contributed by atoms with E-state index in [1.54, 1.807) is 6.08 Å². The second-order valence-corrected chi connectivity index (χ2v) is 3.56. The molecule has 2 heteroatoms. The van der Waals surface area contributed by atoms with Crippen LogP contribution in [0.3, 0.4) is 0 Å². The summed E-state index contributed by atoms with van der Waals surface area (Å²) in [4.78, 5) is 11.4. The zero-order valence-electron chi connectivity index (χ0n) is 7.77. The minimum absolute atomic E-state index is 0.0616. The maximum Gasteiger partial charge on any atom is 0.162 e. The van der Waals surface area contributed by atoms with Gasteiger partial charge in [0.15, 0.2) is 5.78 Å². The number of hydrogen-bond donors (Lipinski definition) is 0. The molecular formula is C11H14O2. The molecule has 0 saturated carbocycles. The second-order valence-electron chi connectivity index (χ2n) is 3.56. The van der Waals surface area contributed by atoms with E-state index in [0.717, 1.165) is 13.0 Å². The molecule has 3 unspecified atom stereocenters. The van der Waals surface area contributed by atoms with Crippen LogP contribution in [0.5, 0.6) is 0 Å². The molecule has 0 aromatic carbocycles. The highest BCUT2D eigenvalue weighted by molar-refractivity contribution is 5.93. The van der Waals surface area contributed by atoms with Crippen LogP contribution >= 0.6 is 0 Å². The molecule has 3 aliphatic rings. The van der Waals surface area contributed by atoms with Gasteiger partial charge < -0.3 is 4.74 Å². The van der Waals surface area contributed by atoms with Gasteiger partial charge in [0.1, 0.15) is 0 Å². The van der Waals surface area contributed by atoms with Gasteiger partial charge in [-0.2, -0.15) is 0 Å². The summed E-state index contributed by atoms with van der Waals surface area (Å²) in [5.74, 6) is 0.593. The van der Waals surface area contributed by atoms with E-state index in [1.165, 1.54) is 0 Å². The minimum Gasteiger partial charge on any atom is -0.378 e. The quantitative estimate of drug-likeness (QED) is 0.602. The van der Waals surface area contributed by atoms with Gasteiger partial charge in [0.05, 0.1) is 6.10 Å². The summed E-state index contributed by atoms with van der Waals surface area (Å²) >= 11 is 0. The van der Waals surface area contributed by atoms with Gasteiger partial charge in [0.2, 0.25) is 0 Å². The summed E-state index contributed by atoms with van der Waals surface area (Å²) in [5, 5.41) is 0. The summed E-state index contributed by atoms with van der Waals surface area (Å²) in [5.41, 5.74) is 0. The third-order valence-corrected chi connectivity index (χ3v) is 2.71. The lowest BCUT2D eigenvalue weighted by Gasteiger charge is -2.26. The van der Waals surface area contributed by atoms with Crippen molar-refractivity contribution in [2.75, 3.05) is 6.61 Å². The molecule has 0 aromatic rings. The molecule has 70 valence electrons. The van der Waals surface area contributed by atoms with Gasteiger partial charge >= 0.3 is 0 Å². The van der Waals surface area contributed by atoms with Crippen LogP contribution in [0, 0.1) is 11.8 Å². The lowest BCUT2D eigenvalue weighted by Crippen LogP contribution is -2.27. The zero-order chi connectivity index (χ0) is 9.26. The fourth-order valence-electron chi connectivity index (χ4n) is 1.99. The number of hydrogen-bond acceptors (Lipinski definition) is 2. The molecule has 0 aromatic heterocycles. The van der Waals surface area contributed by atoms with Crippen LogP contribution in [-0.2, 0) is 9.53 Å². The average molecular weight is 178 g/mol. The van der Waals surface area contributed by atoms with Crippen LogP contribution in [0.4, 0.5) is 0 Å². The Morgan fingerprint density at radius 3 is 3.08 bits per heavy atom. The lowest BCUT2D eigenvalue weighted by molar-refractivity contribution is -0.118. The van der Waals surface area contributed by atoms with E-state index in [9.17, 15) is 4.79 Å². The van der Waals surface area contributed by atoms with Crippen LogP contribution in [0.15, 0.2) is 24.3 Å². The van der Waals surface area contributed by atoms with Gasteiger partial charge in [0, 0.05) is 18.4 Å². The highest BCUT2D eigenvalue weighted by Gasteiger charge is 2.31. The predicted molar refractivity (Wildman–Crippen MR) is 50.3 cm³/mol. The number of fused-ring (bicyclic) bond motifs is 2. The monoisotopic (exact) mass is 178 g/mol. The van der Waals surface area contributed by atoms with E-state index in [-0.39, 0.29) is 17.8 Å². The Morgan fingerprint density at radius 2 is 2.31 bits per heavy atom. The summed E-state index contributed by atoms with van der Waals surface area (Å²) in [6.07, 6.45) is 8.84. The van der Waals surface area contributed by atoms with Gasteiger partial charge in [-0.05, 0) is 19.4 Å². The smallest absolute Gasteiger partial charge is 0.162 e. The van der Waals surface area contributed by atoms with Crippen molar-refractivity contribution in [1.29, 1.82) is 0 Å². The molecule has 0 spiro atoms. The lowest BCUT2D eigenvalue weighted by atomic mass is 9.87. The molecule has 0 amide bonds. The van der Waals surface area contributed by atoms with Gasteiger partial charge in [-0.25, -0.2) is 0 Å². The number of allylic oxidation sites excluding steroid dienone is 2. The van der Waals surface area contributed by atoms with Crippen LogP contribution < -0.4 is 0 Å². The minimum atomic E-state index is 0.0616. The van der Waals surface area contributed by atoms with E-state index in [4.69, 9.17) is 4.74 Å². The Balaban J connectivity index is 2.19. The van der Waals surface area contributed by atoms with E-state index in [1.807, 2.05) is 19.1 Å². The third kappa shape index (κ3) is 1.59. The van der Waals surface area contributed by atoms with Crippen LogP contribution in [0.1, 0.15) is 13.3 Å². The third-order valence-electron chi connectivity index (χ3n) is 2.71. The van der Waals surface area contributed by atoms with Crippen molar-refractivity contribution in [2.45, 2.75) is 19.4 Å². The first-order valence-corrected chi connectivity index (χ1v) is 4.83. The van der Waals surface area contributed by atoms with Crippen molar-refractivity contribution >= 4 is 5.78 Å². The molecule has 0 N–H and O–H groups in total. The van der Waals surface area contributed by atoms with Gasteiger partial charge in [0.25, 0.3) is 0 Å². The number of carbonyl (C=O) groups excluding carboxylic acids is 1. The van der Waals surface area contributed by atoms with Crippen LogP contribution in [-0.4, -0.2) is 18.5 Å². The van der Waals surface area contributed by atoms with E-state index >= 15 is 0 Å². The van der Waals surface area contributed by atoms with Gasteiger partial charge in [-0.15, -0.1) is 0 Å². The fourth-order valence-corrected chi connectivity index (χ4v) is 1.99. The fraction of sp³-hybridized carbons (Fsp3) is 0.545.